The van der Waals surface area contributed by atoms with E-state index in [4.69, 9.17) is 5.73 Å². The molecule has 1 aromatic rings. The van der Waals surface area contributed by atoms with E-state index in [0.29, 0.717) is 23.9 Å². The van der Waals surface area contributed by atoms with Crippen LogP contribution < -0.4 is 16.4 Å². The van der Waals surface area contributed by atoms with Crippen LogP contribution in [0.2, 0.25) is 0 Å². The average molecular weight is 297 g/mol. The van der Waals surface area contributed by atoms with Gasteiger partial charge in [0.05, 0.1) is 4.88 Å². The minimum absolute atomic E-state index is 0.00972. The molecule has 1 heterocycles. The molecule has 0 aliphatic carbocycles. The molecule has 1 rings (SSSR count). The molecule has 0 spiro atoms. The van der Waals surface area contributed by atoms with Crippen molar-refractivity contribution in [3.8, 4) is 0 Å². The van der Waals surface area contributed by atoms with Crippen LogP contribution in [0.1, 0.15) is 36.4 Å². The maximum absolute atomic E-state index is 11.7. The summed E-state index contributed by atoms with van der Waals surface area (Å²) in [5.74, 6) is 0.278. The predicted molar refractivity (Wildman–Crippen MR) is 81.7 cm³/mol. The minimum atomic E-state index is -0.134. The fourth-order valence-electron chi connectivity index (χ4n) is 1.87. The fourth-order valence-corrected chi connectivity index (χ4v) is 2.51. The van der Waals surface area contributed by atoms with E-state index in [-0.39, 0.29) is 24.3 Å². The summed E-state index contributed by atoms with van der Waals surface area (Å²) in [7, 11) is 0. The first-order chi connectivity index (χ1) is 9.52. The van der Waals surface area contributed by atoms with Crippen molar-refractivity contribution in [2.45, 2.75) is 32.7 Å². The van der Waals surface area contributed by atoms with Crippen LogP contribution in [0.15, 0.2) is 17.5 Å². The van der Waals surface area contributed by atoms with Crippen molar-refractivity contribution in [1.82, 2.24) is 10.6 Å². The molecule has 0 saturated carbocycles. The quantitative estimate of drug-likeness (QED) is 0.677. The monoisotopic (exact) mass is 297 g/mol. The first kappa shape index (κ1) is 16.7. The molecule has 0 radical (unpaired) electrons. The van der Waals surface area contributed by atoms with Crippen LogP contribution in [-0.2, 0) is 4.79 Å². The van der Waals surface area contributed by atoms with E-state index >= 15 is 0 Å². The summed E-state index contributed by atoms with van der Waals surface area (Å²) in [5, 5.41) is 7.47. The number of carbonyl (C=O) groups is 2. The zero-order valence-electron chi connectivity index (χ0n) is 12.0. The molecule has 0 aliphatic rings. The van der Waals surface area contributed by atoms with E-state index in [1.165, 1.54) is 11.3 Å². The Labute approximate surface area is 123 Å². The molecule has 1 unspecified atom stereocenters. The number of hydrogen-bond donors (Lipinski definition) is 3. The molecule has 0 bridgehead atoms. The highest BCUT2D eigenvalue weighted by Gasteiger charge is 2.12. The molecular formula is C14H23N3O2S. The van der Waals surface area contributed by atoms with E-state index < -0.39 is 0 Å². The molecular weight excluding hydrogens is 274 g/mol. The van der Waals surface area contributed by atoms with Crippen LogP contribution in [-0.4, -0.2) is 30.9 Å². The topological polar surface area (TPSA) is 84.2 Å². The van der Waals surface area contributed by atoms with Crippen LogP contribution in [0, 0.1) is 5.92 Å². The molecule has 4 N–H and O–H groups in total. The Hall–Kier alpha value is -1.40. The van der Waals surface area contributed by atoms with Gasteiger partial charge in [-0.3, -0.25) is 9.59 Å². The fraction of sp³-hybridized carbons (Fsp3) is 0.571. The van der Waals surface area contributed by atoms with Gasteiger partial charge in [-0.05, 0) is 23.8 Å². The van der Waals surface area contributed by atoms with Gasteiger partial charge in [0.25, 0.3) is 5.91 Å². The molecule has 112 valence electrons. The van der Waals surface area contributed by atoms with E-state index in [1.807, 2.05) is 11.4 Å². The highest BCUT2D eigenvalue weighted by molar-refractivity contribution is 7.12. The molecule has 0 saturated heterocycles. The van der Waals surface area contributed by atoms with Gasteiger partial charge in [0, 0.05) is 25.6 Å². The van der Waals surface area contributed by atoms with Crippen molar-refractivity contribution in [3.05, 3.63) is 22.4 Å². The second-order valence-corrected chi connectivity index (χ2v) is 6.06. The lowest BCUT2D eigenvalue weighted by atomic mass is 10.0. The van der Waals surface area contributed by atoms with Gasteiger partial charge < -0.3 is 16.4 Å². The lowest BCUT2D eigenvalue weighted by Gasteiger charge is -2.18. The number of nitrogens with two attached hydrogens (primary N) is 1. The predicted octanol–water partition coefficient (Wildman–Crippen LogP) is 1.36. The Morgan fingerprint density at radius 2 is 2.15 bits per heavy atom. The van der Waals surface area contributed by atoms with Crippen molar-refractivity contribution >= 4 is 23.2 Å². The molecule has 20 heavy (non-hydrogen) atoms. The van der Waals surface area contributed by atoms with E-state index in [2.05, 4.69) is 24.5 Å². The molecule has 0 aliphatic heterocycles. The summed E-state index contributed by atoms with van der Waals surface area (Å²) in [6, 6.07) is 3.59. The Bertz CT molecular complexity index is 418. The van der Waals surface area contributed by atoms with Crippen LogP contribution in [0.4, 0.5) is 0 Å². The number of hydrogen-bond acceptors (Lipinski definition) is 4. The van der Waals surface area contributed by atoms with Crippen molar-refractivity contribution in [2.24, 2.45) is 11.7 Å². The van der Waals surface area contributed by atoms with Gasteiger partial charge in [0.15, 0.2) is 0 Å². The zero-order valence-corrected chi connectivity index (χ0v) is 12.8. The van der Waals surface area contributed by atoms with Gasteiger partial charge in [-0.25, -0.2) is 0 Å². The Morgan fingerprint density at radius 1 is 1.40 bits per heavy atom. The maximum atomic E-state index is 11.7. The molecule has 0 aromatic carbocycles. The molecule has 0 fully saturated rings. The average Bonchev–Trinajstić information content (AvgIpc) is 2.91. The molecule has 5 nitrogen and oxygen atoms in total. The summed E-state index contributed by atoms with van der Waals surface area (Å²) in [6.07, 6.45) is 1.13. The van der Waals surface area contributed by atoms with Gasteiger partial charge in [-0.2, -0.15) is 0 Å². The molecule has 6 heteroatoms. The lowest BCUT2D eigenvalue weighted by molar-refractivity contribution is -0.121. The summed E-state index contributed by atoms with van der Waals surface area (Å²) in [4.78, 5) is 24.1. The van der Waals surface area contributed by atoms with Gasteiger partial charge in [-0.1, -0.05) is 19.9 Å². The van der Waals surface area contributed by atoms with E-state index in [0.717, 1.165) is 6.42 Å². The maximum Gasteiger partial charge on any atom is 0.261 e. The first-order valence-electron chi connectivity index (χ1n) is 6.84. The highest BCUT2D eigenvalue weighted by atomic mass is 32.1. The van der Waals surface area contributed by atoms with Crippen molar-refractivity contribution in [1.29, 1.82) is 0 Å². The van der Waals surface area contributed by atoms with Gasteiger partial charge in [-0.15, -0.1) is 11.3 Å². The third-order valence-corrected chi connectivity index (χ3v) is 3.66. The van der Waals surface area contributed by atoms with Gasteiger partial charge in [0.1, 0.15) is 0 Å². The molecule has 1 aromatic heterocycles. The smallest absolute Gasteiger partial charge is 0.261 e. The van der Waals surface area contributed by atoms with Gasteiger partial charge in [0.2, 0.25) is 5.91 Å². The Balaban J connectivity index is 2.24. The number of nitrogens with one attached hydrogen (secondary N) is 2. The zero-order chi connectivity index (χ0) is 15.0. The normalized spacial score (nSPS) is 12.2. The standard InChI is InChI=1S/C14H23N3O2S/c1-10(2)8-11(9-15)17-13(18)5-6-16-14(19)12-4-3-7-20-12/h3-4,7,10-11H,5-6,8-9,15H2,1-2H3,(H,16,19)(H,17,18). The van der Waals surface area contributed by atoms with E-state index in [1.54, 1.807) is 6.07 Å². The largest absolute Gasteiger partial charge is 0.352 e. The minimum Gasteiger partial charge on any atom is -0.352 e. The van der Waals surface area contributed by atoms with Crippen LogP contribution in [0.25, 0.3) is 0 Å². The van der Waals surface area contributed by atoms with Crippen molar-refractivity contribution < 1.29 is 9.59 Å². The second kappa shape index (κ2) is 8.71. The first-order valence-corrected chi connectivity index (χ1v) is 7.72. The van der Waals surface area contributed by atoms with Gasteiger partial charge >= 0.3 is 0 Å². The summed E-state index contributed by atoms with van der Waals surface area (Å²) in [5.41, 5.74) is 5.63. The summed E-state index contributed by atoms with van der Waals surface area (Å²) in [6.45, 7) is 4.96. The highest BCUT2D eigenvalue weighted by Crippen LogP contribution is 2.07. The Kier molecular flexibility index (Phi) is 7.25. The lowest BCUT2D eigenvalue weighted by Crippen LogP contribution is -2.42. The van der Waals surface area contributed by atoms with Crippen molar-refractivity contribution in [2.75, 3.05) is 13.1 Å². The number of rotatable bonds is 8. The SMILES string of the molecule is CC(C)CC(CN)NC(=O)CCNC(=O)c1cccs1. The van der Waals surface area contributed by atoms with Crippen LogP contribution in [0.3, 0.4) is 0 Å². The van der Waals surface area contributed by atoms with E-state index in [9.17, 15) is 9.59 Å². The molecule has 1 atom stereocenters. The van der Waals surface area contributed by atoms with Crippen LogP contribution >= 0.6 is 11.3 Å². The molecule has 2 amide bonds. The van der Waals surface area contributed by atoms with Crippen molar-refractivity contribution in [3.63, 3.8) is 0 Å². The third-order valence-electron chi connectivity index (χ3n) is 2.79. The number of carbonyl (C=O) groups excluding carboxylic acids is 2. The second-order valence-electron chi connectivity index (χ2n) is 5.11. The summed E-state index contributed by atoms with van der Waals surface area (Å²) >= 11 is 1.38. The number of thiophene rings is 1. The number of amides is 2. The third kappa shape index (κ3) is 6.16. The van der Waals surface area contributed by atoms with Crippen LogP contribution in [0.5, 0.6) is 0 Å². The Morgan fingerprint density at radius 3 is 2.70 bits per heavy atom. The summed E-state index contributed by atoms with van der Waals surface area (Å²) < 4.78 is 0.